The van der Waals surface area contributed by atoms with Crippen LogP contribution in [0.3, 0.4) is 0 Å². The van der Waals surface area contributed by atoms with Crippen molar-refractivity contribution in [1.29, 1.82) is 0 Å². The van der Waals surface area contributed by atoms with Crippen molar-refractivity contribution in [3.63, 3.8) is 0 Å². The zero-order chi connectivity index (χ0) is 19.8. The van der Waals surface area contributed by atoms with Crippen LogP contribution in [0.4, 0.5) is 0 Å². The third-order valence-corrected chi connectivity index (χ3v) is 5.39. The summed E-state index contributed by atoms with van der Waals surface area (Å²) >= 11 is 0. The van der Waals surface area contributed by atoms with Crippen LogP contribution in [0.2, 0.25) is 0 Å². The van der Waals surface area contributed by atoms with Gasteiger partial charge < -0.3 is 19.3 Å². The highest BCUT2D eigenvalue weighted by molar-refractivity contribution is 6.00. The fraction of sp³-hybridized carbons (Fsp3) is 0.636. The van der Waals surface area contributed by atoms with Gasteiger partial charge in [0, 0.05) is 43.9 Å². The average Bonchev–Trinajstić information content (AvgIpc) is 2.76. The van der Waals surface area contributed by atoms with Gasteiger partial charge in [0.15, 0.2) is 0 Å². The van der Waals surface area contributed by atoms with Gasteiger partial charge in [-0.15, -0.1) is 0 Å². The summed E-state index contributed by atoms with van der Waals surface area (Å²) in [5.74, 6) is 0.535. The lowest BCUT2D eigenvalue weighted by atomic mass is 10.0. The van der Waals surface area contributed by atoms with Crippen molar-refractivity contribution in [3.05, 3.63) is 29.3 Å². The topological polar surface area (TPSA) is 59.1 Å². The summed E-state index contributed by atoms with van der Waals surface area (Å²) in [4.78, 5) is 29.8. The number of hydrogen-bond donors (Lipinski definition) is 0. The molecule has 0 radical (unpaired) electrons. The number of likely N-dealkylation sites (tertiary alicyclic amines) is 2. The van der Waals surface area contributed by atoms with Crippen LogP contribution in [-0.2, 0) is 4.74 Å². The molecule has 6 heteroatoms. The fourth-order valence-corrected chi connectivity index (χ4v) is 3.85. The van der Waals surface area contributed by atoms with Gasteiger partial charge in [0.2, 0.25) is 0 Å². The number of hydrogen-bond acceptors (Lipinski definition) is 4. The first-order chi connectivity index (χ1) is 13.7. The molecule has 0 bridgehead atoms. The van der Waals surface area contributed by atoms with Crippen LogP contribution in [-0.4, -0.2) is 67.6 Å². The van der Waals surface area contributed by atoms with Crippen LogP contribution < -0.4 is 4.74 Å². The molecule has 0 aromatic heterocycles. The SMILES string of the molecule is CCOCCOc1cc(C(=O)N2CCCCC2)cc(C(=O)N2CCCCC2)c1. The first kappa shape index (κ1) is 20.6. The Morgan fingerprint density at radius 3 is 1.75 bits per heavy atom. The number of carbonyl (C=O) groups is 2. The number of rotatable bonds is 7. The maximum Gasteiger partial charge on any atom is 0.254 e. The molecule has 2 aliphatic rings. The fourth-order valence-electron chi connectivity index (χ4n) is 3.85. The number of ether oxygens (including phenoxy) is 2. The van der Waals surface area contributed by atoms with Crippen molar-refractivity contribution >= 4 is 11.8 Å². The molecule has 2 amide bonds. The van der Waals surface area contributed by atoms with Crippen LogP contribution in [0.1, 0.15) is 66.2 Å². The predicted molar refractivity (Wildman–Crippen MR) is 108 cm³/mol. The third kappa shape index (κ3) is 5.47. The number of nitrogens with zero attached hydrogens (tertiary/aromatic N) is 2. The number of piperidine rings is 2. The Morgan fingerprint density at radius 1 is 0.786 bits per heavy atom. The molecule has 0 atom stereocenters. The van der Waals surface area contributed by atoms with E-state index < -0.39 is 0 Å². The molecule has 1 aromatic carbocycles. The van der Waals surface area contributed by atoms with E-state index in [1.165, 1.54) is 12.8 Å². The summed E-state index contributed by atoms with van der Waals surface area (Å²) in [6, 6.07) is 5.26. The van der Waals surface area contributed by atoms with Crippen molar-refractivity contribution in [2.45, 2.75) is 45.4 Å². The minimum absolute atomic E-state index is 0.0114. The second-order valence-corrected chi connectivity index (χ2v) is 7.50. The lowest BCUT2D eigenvalue weighted by Crippen LogP contribution is -2.37. The van der Waals surface area contributed by atoms with Crippen molar-refractivity contribution < 1.29 is 19.1 Å². The molecule has 2 saturated heterocycles. The Morgan fingerprint density at radius 2 is 1.29 bits per heavy atom. The summed E-state index contributed by atoms with van der Waals surface area (Å²) in [5, 5.41) is 0. The minimum atomic E-state index is -0.0114. The highest BCUT2D eigenvalue weighted by Crippen LogP contribution is 2.23. The summed E-state index contributed by atoms with van der Waals surface area (Å²) in [6.45, 7) is 6.58. The monoisotopic (exact) mass is 388 g/mol. The van der Waals surface area contributed by atoms with Gasteiger partial charge in [0.05, 0.1) is 6.61 Å². The molecule has 0 unspecified atom stereocenters. The molecule has 2 fully saturated rings. The van der Waals surface area contributed by atoms with E-state index in [1.807, 2.05) is 16.7 Å². The van der Waals surface area contributed by atoms with E-state index in [0.717, 1.165) is 51.9 Å². The van der Waals surface area contributed by atoms with E-state index >= 15 is 0 Å². The van der Waals surface area contributed by atoms with Crippen molar-refractivity contribution in [1.82, 2.24) is 9.80 Å². The van der Waals surface area contributed by atoms with E-state index in [0.29, 0.717) is 36.7 Å². The standard InChI is InChI=1S/C22H32N2O4/c1-2-27-13-14-28-20-16-18(21(25)23-9-5-3-6-10-23)15-19(17-20)22(26)24-11-7-4-8-12-24/h15-17H,2-14H2,1H3. The zero-order valence-corrected chi connectivity index (χ0v) is 17.0. The summed E-state index contributed by atoms with van der Waals surface area (Å²) in [6.07, 6.45) is 6.49. The molecule has 0 spiro atoms. The lowest BCUT2D eigenvalue weighted by Gasteiger charge is -2.28. The van der Waals surface area contributed by atoms with Gasteiger partial charge in [0.25, 0.3) is 11.8 Å². The maximum absolute atomic E-state index is 13.0. The van der Waals surface area contributed by atoms with Gasteiger partial charge in [-0.05, 0) is 63.6 Å². The molecule has 6 nitrogen and oxygen atoms in total. The molecule has 0 saturated carbocycles. The molecule has 2 aliphatic heterocycles. The highest BCUT2D eigenvalue weighted by atomic mass is 16.5. The molecule has 28 heavy (non-hydrogen) atoms. The van der Waals surface area contributed by atoms with Gasteiger partial charge in [-0.1, -0.05) is 0 Å². The number of benzene rings is 1. The Balaban J connectivity index is 1.80. The van der Waals surface area contributed by atoms with Crippen LogP contribution in [0.5, 0.6) is 5.75 Å². The Labute approximate surface area is 167 Å². The van der Waals surface area contributed by atoms with Crippen LogP contribution in [0, 0.1) is 0 Å². The predicted octanol–water partition coefficient (Wildman–Crippen LogP) is 3.35. The Bertz CT molecular complexity index is 616. The quantitative estimate of drug-likeness (QED) is 0.672. The molecular weight excluding hydrogens is 356 g/mol. The van der Waals surface area contributed by atoms with E-state index in [9.17, 15) is 9.59 Å². The van der Waals surface area contributed by atoms with Crippen LogP contribution in [0.25, 0.3) is 0 Å². The lowest BCUT2D eigenvalue weighted by molar-refractivity contribution is 0.0721. The first-order valence-electron chi connectivity index (χ1n) is 10.6. The molecular formula is C22H32N2O4. The van der Waals surface area contributed by atoms with Crippen LogP contribution >= 0.6 is 0 Å². The van der Waals surface area contributed by atoms with E-state index in [1.54, 1.807) is 18.2 Å². The van der Waals surface area contributed by atoms with Crippen molar-refractivity contribution in [3.8, 4) is 5.75 Å². The number of carbonyl (C=O) groups excluding carboxylic acids is 2. The Kier molecular flexibility index (Phi) is 7.71. The highest BCUT2D eigenvalue weighted by Gasteiger charge is 2.23. The summed E-state index contributed by atoms with van der Waals surface area (Å²) in [7, 11) is 0. The normalized spacial score (nSPS) is 17.5. The summed E-state index contributed by atoms with van der Waals surface area (Å²) < 4.78 is 11.1. The van der Waals surface area contributed by atoms with Crippen molar-refractivity contribution in [2.75, 3.05) is 46.0 Å². The zero-order valence-electron chi connectivity index (χ0n) is 17.0. The van der Waals surface area contributed by atoms with E-state index in [2.05, 4.69) is 0 Å². The molecule has 2 heterocycles. The number of amides is 2. The van der Waals surface area contributed by atoms with Gasteiger partial charge in [-0.25, -0.2) is 0 Å². The average molecular weight is 389 g/mol. The third-order valence-electron chi connectivity index (χ3n) is 5.39. The molecule has 0 N–H and O–H groups in total. The molecule has 3 rings (SSSR count). The molecule has 1 aromatic rings. The van der Waals surface area contributed by atoms with Gasteiger partial charge in [0.1, 0.15) is 12.4 Å². The minimum Gasteiger partial charge on any atom is -0.491 e. The summed E-state index contributed by atoms with van der Waals surface area (Å²) in [5.41, 5.74) is 1.08. The van der Waals surface area contributed by atoms with Gasteiger partial charge in [-0.3, -0.25) is 9.59 Å². The second kappa shape index (κ2) is 10.5. The van der Waals surface area contributed by atoms with E-state index in [-0.39, 0.29) is 11.8 Å². The molecule has 0 aliphatic carbocycles. The smallest absolute Gasteiger partial charge is 0.254 e. The van der Waals surface area contributed by atoms with Gasteiger partial charge >= 0.3 is 0 Å². The second-order valence-electron chi connectivity index (χ2n) is 7.50. The van der Waals surface area contributed by atoms with Gasteiger partial charge in [-0.2, -0.15) is 0 Å². The maximum atomic E-state index is 13.0. The van der Waals surface area contributed by atoms with E-state index in [4.69, 9.17) is 9.47 Å². The first-order valence-corrected chi connectivity index (χ1v) is 10.6. The molecule has 154 valence electrons. The van der Waals surface area contributed by atoms with Crippen LogP contribution in [0.15, 0.2) is 18.2 Å². The largest absolute Gasteiger partial charge is 0.491 e. The van der Waals surface area contributed by atoms with Crippen molar-refractivity contribution in [2.24, 2.45) is 0 Å². The Hall–Kier alpha value is -2.08.